The molecule has 1 aromatic carbocycles. The third kappa shape index (κ3) is 3.01. The summed E-state index contributed by atoms with van der Waals surface area (Å²) < 4.78 is 0. The van der Waals surface area contributed by atoms with E-state index in [2.05, 4.69) is 0 Å². The molecule has 1 saturated heterocycles. The largest absolute Gasteiger partial charge is 0.338 e. The fourth-order valence-electron chi connectivity index (χ4n) is 2.44. The van der Waals surface area contributed by atoms with E-state index in [9.17, 15) is 14.4 Å². The summed E-state index contributed by atoms with van der Waals surface area (Å²) >= 11 is 0. The number of likely N-dealkylation sites (N-methyl/N-ethyl adjacent to an activating group) is 1. The molecule has 1 fully saturated rings. The number of rotatable bonds is 4. The average Bonchev–Trinajstić information content (AvgIpc) is 2.75. The van der Waals surface area contributed by atoms with Crippen LogP contribution in [0.15, 0.2) is 18.2 Å². The van der Waals surface area contributed by atoms with Gasteiger partial charge in [-0.3, -0.25) is 19.2 Å². The smallest absolute Gasteiger partial charge is 0.290 e. The quantitative estimate of drug-likeness (QED) is 0.470. The molecule has 1 heterocycles. The lowest BCUT2D eigenvalue weighted by molar-refractivity contribution is -0.183. The first-order chi connectivity index (χ1) is 10.3. The Hall–Kier alpha value is -2.21. The number of likely N-dealkylation sites (tertiary alicyclic amines) is 1. The van der Waals surface area contributed by atoms with Gasteiger partial charge >= 0.3 is 0 Å². The van der Waals surface area contributed by atoms with Crippen molar-refractivity contribution < 1.29 is 19.2 Å². The van der Waals surface area contributed by atoms with Crippen LogP contribution in [0.5, 0.6) is 0 Å². The Balaban J connectivity index is 2.14. The minimum Gasteiger partial charge on any atom is -0.338 e. The van der Waals surface area contributed by atoms with E-state index in [1.807, 2.05) is 32.0 Å². The normalized spacial score (nSPS) is 18.0. The topological polar surface area (TPSA) is 66.9 Å². The van der Waals surface area contributed by atoms with Gasteiger partial charge in [-0.05, 0) is 30.5 Å². The van der Waals surface area contributed by atoms with E-state index in [1.165, 1.54) is 19.1 Å². The van der Waals surface area contributed by atoms with E-state index >= 15 is 0 Å². The van der Waals surface area contributed by atoms with Gasteiger partial charge in [-0.1, -0.05) is 18.2 Å². The number of aryl methyl sites for hydroxylation is 2. The van der Waals surface area contributed by atoms with Gasteiger partial charge in [0.1, 0.15) is 5.92 Å². The summed E-state index contributed by atoms with van der Waals surface area (Å²) in [5, 5.41) is 1.14. The number of carbonyl (C=O) groups is 3. The Kier molecular flexibility index (Phi) is 4.61. The lowest BCUT2D eigenvalue weighted by Crippen LogP contribution is -2.38. The zero-order valence-corrected chi connectivity index (χ0v) is 13.3. The van der Waals surface area contributed by atoms with Gasteiger partial charge in [-0.25, -0.2) is 5.06 Å². The van der Waals surface area contributed by atoms with Crippen molar-refractivity contribution in [3.63, 3.8) is 0 Å². The third-order valence-corrected chi connectivity index (χ3v) is 3.99. The molecule has 0 aromatic heterocycles. The summed E-state index contributed by atoms with van der Waals surface area (Å²) in [6.07, 6.45) is 0. The van der Waals surface area contributed by atoms with Crippen LogP contribution in [-0.4, -0.2) is 48.3 Å². The fraction of sp³-hybridized carbons (Fsp3) is 0.438. The van der Waals surface area contributed by atoms with Gasteiger partial charge in [0.25, 0.3) is 11.8 Å². The van der Waals surface area contributed by atoms with Crippen molar-refractivity contribution in [2.45, 2.75) is 20.4 Å². The van der Waals surface area contributed by atoms with E-state index in [-0.39, 0.29) is 13.1 Å². The highest BCUT2D eigenvalue weighted by molar-refractivity contribution is 6.42. The van der Waals surface area contributed by atoms with Gasteiger partial charge in [0.2, 0.25) is 5.78 Å². The van der Waals surface area contributed by atoms with Crippen molar-refractivity contribution in [3.05, 3.63) is 34.9 Å². The van der Waals surface area contributed by atoms with Gasteiger partial charge in [0, 0.05) is 13.6 Å². The van der Waals surface area contributed by atoms with Crippen LogP contribution in [0.1, 0.15) is 16.7 Å². The zero-order valence-electron chi connectivity index (χ0n) is 13.3. The highest BCUT2D eigenvalue weighted by Crippen LogP contribution is 2.18. The van der Waals surface area contributed by atoms with Gasteiger partial charge < -0.3 is 4.90 Å². The molecular formula is C16H20N2O4. The molecular weight excluding hydrogens is 284 g/mol. The Bertz CT molecular complexity index is 627. The van der Waals surface area contributed by atoms with Crippen LogP contribution in [0, 0.1) is 19.8 Å². The maximum atomic E-state index is 12.4. The highest BCUT2D eigenvalue weighted by atomic mass is 16.7. The highest BCUT2D eigenvalue weighted by Gasteiger charge is 2.43. The molecule has 0 radical (unpaired) electrons. The Labute approximate surface area is 129 Å². The van der Waals surface area contributed by atoms with Gasteiger partial charge in [-0.15, -0.1) is 0 Å². The van der Waals surface area contributed by atoms with Crippen LogP contribution in [0.3, 0.4) is 0 Å². The number of hydrogen-bond donors (Lipinski definition) is 0. The molecule has 1 unspecified atom stereocenters. The number of hydroxylamine groups is 2. The average molecular weight is 304 g/mol. The van der Waals surface area contributed by atoms with Crippen molar-refractivity contribution in [3.8, 4) is 0 Å². The van der Waals surface area contributed by atoms with E-state index in [1.54, 1.807) is 0 Å². The molecule has 6 nitrogen and oxygen atoms in total. The molecule has 6 heteroatoms. The van der Waals surface area contributed by atoms with Crippen LogP contribution in [0.4, 0.5) is 0 Å². The molecule has 22 heavy (non-hydrogen) atoms. The molecule has 118 valence electrons. The SMILES string of the molecule is CON(Cc1ccc(C)c(C)c1)C(=O)C1CN(C)C(=O)C1=O. The minimum atomic E-state index is -0.982. The van der Waals surface area contributed by atoms with Gasteiger partial charge in [0.15, 0.2) is 0 Å². The Morgan fingerprint density at radius 3 is 2.50 bits per heavy atom. The maximum Gasteiger partial charge on any atom is 0.290 e. The molecule has 0 saturated carbocycles. The van der Waals surface area contributed by atoms with Crippen molar-refractivity contribution in [2.75, 3.05) is 20.7 Å². The number of benzene rings is 1. The second-order valence-electron chi connectivity index (χ2n) is 5.58. The summed E-state index contributed by atoms with van der Waals surface area (Å²) in [5.41, 5.74) is 3.19. The van der Waals surface area contributed by atoms with Crippen LogP contribution >= 0.6 is 0 Å². The number of Topliss-reactive ketones (excluding diaryl/α,β-unsaturated/α-hetero) is 1. The molecule has 0 aliphatic carbocycles. The first-order valence-electron chi connectivity index (χ1n) is 7.06. The van der Waals surface area contributed by atoms with Crippen LogP contribution in [0.2, 0.25) is 0 Å². The summed E-state index contributed by atoms with van der Waals surface area (Å²) in [7, 11) is 2.89. The monoisotopic (exact) mass is 304 g/mol. The molecule has 1 aliphatic heterocycles. The Morgan fingerprint density at radius 1 is 1.32 bits per heavy atom. The molecule has 0 spiro atoms. The standard InChI is InChI=1S/C16H20N2O4/c1-10-5-6-12(7-11(10)2)8-18(22-4)15(20)13-9-17(3)16(21)14(13)19/h5-7,13H,8-9H2,1-4H3. The Morgan fingerprint density at radius 2 is 2.00 bits per heavy atom. The van der Waals surface area contributed by atoms with Crippen molar-refractivity contribution >= 4 is 17.6 Å². The molecule has 1 atom stereocenters. The number of carbonyl (C=O) groups excluding carboxylic acids is 3. The van der Waals surface area contributed by atoms with Crippen molar-refractivity contribution in [1.82, 2.24) is 9.96 Å². The number of ketones is 1. The summed E-state index contributed by atoms with van der Waals surface area (Å²) in [5.74, 6) is -2.76. The zero-order chi connectivity index (χ0) is 16.4. The van der Waals surface area contributed by atoms with E-state index in [4.69, 9.17) is 4.84 Å². The lowest BCUT2D eigenvalue weighted by atomic mass is 10.0. The van der Waals surface area contributed by atoms with Gasteiger partial charge in [-0.2, -0.15) is 0 Å². The predicted octanol–water partition coefficient (Wildman–Crippen LogP) is 0.851. The lowest BCUT2D eigenvalue weighted by Gasteiger charge is -2.22. The van der Waals surface area contributed by atoms with Crippen LogP contribution in [-0.2, 0) is 25.8 Å². The molecule has 2 rings (SSSR count). The number of amides is 2. The van der Waals surface area contributed by atoms with E-state index < -0.39 is 23.5 Å². The summed E-state index contributed by atoms with van der Waals surface area (Å²) in [6.45, 7) is 4.34. The third-order valence-electron chi connectivity index (χ3n) is 3.99. The predicted molar refractivity (Wildman–Crippen MR) is 79.6 cm³/mol. The summed E-state index contributed by atoms with van der Waals surface area (Å²) in [6, 6.07) is 5.86. The van der Waals surface area contributed by atoms with Gasteiger partial charge in [0.05, 0.1) is 13.7 Å². The molecule has 0 bridgehead atoms. The van der Waals surface area contributed by atoms with Crippen molar-refractivity contribution in [1.29, 1.82) is 0 Å². The number of hydrogen-bond acceptors (Lipinski definition) is 4. The summed E-state index contributed by atoms with van der Waals surface area (Å²) in [4.78, 5) is 42.2. The van der Waals surface area contributed by atoms with E-state index in [0.717, 1.165) is 21.8 Å². The second-order valence-corrected chi connectivity index (χ2v) is 5.58. The fourth-order valence-corrected chi connectivity index (χ4v) is 2.44. The molecule has 2 amide bonds. The van der Waals surface area contributed by atoms with Crippen LogP contribution < -0.4 is 0 Å². The maximum absolute atomic E-state index is 12.4. The minimum absolute atomic E-state index is 0.100. The second kappa shape index (κ2) is 6.27. The first-order valence-corrected chi connectivity index (χ1v) is 7.06. The molecule has 0 N–H and O–H groups in total. The van der Waals surface area contributed by atoms with Crippen LogP contribution in [0.25, 0.3) is 0 Å². The molecule has 1 aliphatic rings. The number of nitrogens with zero attached hydrogens (tertiary/aromatic N) is 2. The van der Waals surface area contributed by atoms with E-state index in [0.29, 0.717) is 0 Å². The first kappa shape index (κ1) is 16.2. The van der Waals surface area contributed by atoms with Crippen molar-refractivity contribution in [2.24, 2.45) is 5.92 Å². The molecule has 1 aromatic rings.